The van der Waals surface area contributed by atoms with Crippen LogP contribution in [0.5, 0.6) is 0 Å². The van der Waals surface area contributed by atoms with Crippen LogP contribution in [0.15, 0.2) is 181 Å². The summed E-state index contributed by atoms with van der Waals surface area (Å²) in [5.41, 5.74) is 11.3. The Kier molecular flexibility index (Phi) is 8.25. The van der Waals surface area contributed by atoms with Crippen LogP contribution in [0.4, 0.5) is 0 Å². The summed E-state index contributed by atoms with van der Waals surface area (Å²) in [7, 11) is 0. The molecule has 3 nitrogen and oxygen atoms in total. The molecule has 0 bridgehead atoms. The molecule has 0 saturated carbocycles. The Morgan fingerprint density at radius 1 is 0.449 bits per heavy atom. The summed E-state index contributed by atoms with van der Waals surface area (Å²) in [5.74, 6) is 1.96. The zero-order chi connectivity index (χ0) is 33.0. The molecule has 1 atom stereocenters. The van der Waals surface area contributed by atoms with E-state index in [1.807, 2.05) is 60.7 Å². The summed E-state index contributed by atoms with van der Waals surface area (Å²) >= 11 is 0. The lowest BCUT2D eigenvalue weighted by molar-refractivity contribution is 0.597. The van der Waals surface area contributed by atoms with Gasteiger partial charge >= 0.3 is 0 Å². The van der Waals surface area contributed by atoms with E-state index in [-0.39, 0.29) is 5.41 Å². The summed E-state index contributed by atoms with van der Waals surface area (Å²) in [6.45, 7) is 2.33. The van der Waals surface area contributed by atoms with Gasteiger partial charge in [-0.05, 0) is 76.4 Å². The van der Waals surface area contributed by atoms with Crippen LogP contribution >= 0.6 is 0 Å². The van der Waals surface area contributed by atoms with Crippen LogP contribution in [-0.4, -0.2) is 15.0 Å². The Balaban J connectivity index is 1.19. The molecule has 2 aliphatic carbocycles. The van der Waals surface area contributed by atoms with Gasteiger partial charge in [0.15, 0.2) is 17.5 Å². The summed E-state index contributed by atoms with van der Waals surface area (Å²) < 4.78 is 0. The molecule has 8 rings (SSSR count). The Hall–Kier alpha value is -5.93. The Bertz CT molecular complexity index is 2170. The highest BCUT2D eigenvalue weighted by molar-refractivity contribution is 5.80. The molecule has 0 fully saturated rings. The average molecular weight is 632 g/mol. The first-order valence-electron chi connectivity index (χ1n) is 17.1. The number of nitrogens with zero attached hydrogens (tertiary/aromatic N) is 3. The van der Waals surface area contributed by atoms with Crippen LogP contribution in [0, 0.1) is 0 Å². The van der Waals surface area contributed by atoms with E-state index in [1.54, 1.807) is 0 Å². The van der Waals surface area contributed by atoms with Gasteiger partial charge in [-0.15, -0.1) is 0 Å². The highest BCUT2D eigenvalue weighted by atomic mass is 15.0. The third-order valence-corrected chi connectivity index (χ3v) is 9.58. The first-order chi connectivity index (χ1) is 24.1. The standard InChI is InChI=1S/C46H37N3/c1-46(28-26-36(27-29-46)33-14-6-2-7-15-33)42-24-22-35(23-25-42)40-30-39(34-16-8-3-9-17-34)31-41(32-40)45-48-43(37-18-10-4-11-19-37)47-44(49-45)38-20-12-5-13-21-38/h3-6,8-28,30-32H,2,7,29H2,1H3. The van der Waals surface area contributed by atoms with Crippen LogP contribution in [0.2, 0.25) is 0 Å². The molecule has 1 aromatic heterocycles. The topological polar surface area (TPSA) is 38.7 Å². The third kappa shape index (κ3) is 6.48. The van der Waals surface area contributed by atoms with Crippen molar-refractivity contribution in [3.05, 3.63) is 187 Å². The van der Waals surface area contributed by atoms with Crippen LogP contribution in [-0.2, 0) is 5.41 Å². The van der Waals surface area contributed by atoms with Crippen molar-refractivity contribution in [3.63, 3.8) is 0 Å². The van der Waals surface area contributed by atoms with Crippen molar-refractivity contribution in [3.8, 4) is 56.4 Å². The summed E-state index contributed by atoms with van der Waals surface area (Å²) in [4.78, 5) is 15.0. The van der Waals surface area contributed by atoms with Crippen molar-refractivity contribution in [1.29, 1.82) is 0 Å². The van der Waals surface area contributed by atoms with Gasteiger partial charge in [-0.1, -0.05) is 159 Å². The van der Waals surface area contributed by atoms with Crippen molar-refractivity contribution < 1.29 is 0 Å². The summed E-state index contributed by atoms with van der Waals surface area (Å²) in [6.07, 6.45) is 17.2. The van der Waals surface area contributed by atoms with Crippen LogP contribution < -0.4 is 0 Å². The van der Waals surface area contributed by atoms with Gasteiger partial charge in [0.05, 0.1) is 0 Å². The molecule has 5 aromatic carbocycles. The van der Waals surface area contributed by atoms with Crippen molar-refractivity contribution in [2.45, 2.75) is 31.6 Å². The minimum Gasteiger partial charge on any atom is -0.208 e. The molecule has 236 valence electrons. The minimum atomic E-state index is -0.0510. The largest absolute Gasteiger partial charge is 0.208 e. The number of rotatable bonds is 7. The maximum absolute atomic E-state index is 5.05. The quantitative estimate of drug-likeness (QED) is 0.176. The molecule has 0 aliphatic heterocycles. The number of hydrogen-bond donors (Lipinski definition) is 0. The molecular formula is C46H37N3. The van der Waals surface area contributed by atoms with Gasteiger partial charge in [-0.25, -0.2) is 15.0 Å². The lowest BCUT2D eigenvalue weighted by Gasteiger charge is -2.29. The maximum Gasteiger partial charge on any atom is 0.164 e. The third-order valence-electron chi connectivity index (χ3n) is 9.58. The molecule has 0 radical (unpaired) electrons. The predicted molar refractivity (Wildman–Crippen MR) is 203 cm³/mol. The first kappa shape index (κ1) is 30.4. The average Bonchev–Trinajstić information content (AvgIpc) is 3.19. The molecule has 0 spiro atoms. The van der Waals surface area contributed by atoms with E-state index < -0.39 is 0 Å². The predicted octanol–water partition coefficient (Wildman–Crippen LogP) is 11.6. The zero-order valence-corrected chi connectivity index (χ0v) is 27.6. The Morgan fingerprint density at radius 2 is 0.939 bits per heavy atom. The SMILES string of the molecule is CC1(c2ccc(-c3cc(-c4ccccc4)cc(-c4nc(-c5ccccc5)nc(-c5ccccc5)n4)c3)cc2)C=CC(C2=CCCC=C2)=CC1. The molecule has 6 aromatic rings. The number of hydrogen-bond acceptors (Lipinski definition) is 3. The highest BCUT2D eigenvalue weighted by Crippen LogP contribution is 2.38. The van der Waals surface area contributed by atoms with E-state index in [9.17, 15) is 0 Å². The Labute approximate surface area is 288 Å². The number of benzene rings is 5. The zero-order valence-electron chi connectivity index (χ0n) is 27.6. The lowest BCUT2D eigenvalue weighted by atomic mass is 9.75. The molecule has 1 heterocycles. The van der Waals surface area contributed by atoms with Crippen LogP contribution in [0.1, 0.15) is 31.7 Å². The monoisotopic (exact) mass is 631 g/mol. The number of aromatic nitrogens is 3. The molecule has 3 heteroatoms. The smallest absolute Gasteiger partial charge is 0.164 e. The van der Waals surface area contributed by atoms with E-state index in [2.05, 4.69) is 116 Å². The second kappa shape index (κ2) is 13.3. The number of allylic oxidation sites excluding steroid dienone is 8. The fourth-order valence-electron chi connectivity index (χ4n) is 6.69. The normalized spacial score (nSPS) is 17.0. The molecule has 0 N–H and O–H groups in total. The minimum absolute atomic E-state index is 0.0510. The molecule has 0 amide bonds. The second-order valence-electron chi connectivity index (χ2n) is 13.0. The highest BCUT2D eigenvalue weighted by Gasteiger charge is 2.25. The fourth-order valence-corrected chi connectivity index (χ4v) is 6.69. The Morgan fingerprint density at radius 3 is 1.45 bits per heavy atom. The van der Waals surface area contributed by atoms with E-state index in [1.165, 1.54) is 16.7 Å². The molecule has 49 heavy (non-hydrogen) atoms. The lowest BCUT2D eigenvalue weighted by Crippen LogP contribution is -2.20. The van der Waals surface area contributed by atoms with Crippen LogP contribution in [0.25, 0.3) is 56.4 Å². The molecular weight excluding hydrogens is 595 g/mol. The molecule has 0 saturated heterocycles. The van der Waals surface area contributed by atoms with E-state index >= 15 is 0 Å². The van der Waals surface area contributed by atoms with Gasteiger partial charge in [0.1, 0.15) is 0 Å². The van der Waals surface area contributed by atoms with E-state index in [4.69, 9.17) is 15.0 Å². The van der Waals surface area contributed by atoms with Crippen LogP contribution in [0.3, 0.4) is 0 Å². The second-order valence-corrected chi connectivity index (χ2v) is 13.0. The first-order valence-corrected chi connectivity index (χ1v) is 17.1. The molecule has 1 unspecified atom stereocenters. The van der Waals surface area contributed by atoms with Gasteiger partial charge in [-0.2, -0.15) is 0 Å². The van der Waals surface area contributed by atoms with Gasteiger partial charge in [-0.3, -0.25) is 0 Å². The van der Waals surface area contributed by atoms with Gasteiger partial charge in [0.25, 0.3) is 0 Å². The fraction of sp³-hybridized carbons (Fsp3) is 0.109. The maximum atomic E-state index is 5.05. The van der Waals surface area contributed by atoms with E-state index in [0.29, 0.717) is 17.5 Å². The van der Waals surface area contributed by atoms with Gasteiger partial charge < -0.3 is 0 Å². The van der Waals surface area contributed by atoms with Crippen molar-refractivity contribution >= 4 is 0 Å². The molecule has 2 aliphatic rings. The van der Waals surface area contributed by atoms with Crippen molar-refractivity contribution in [2.24, 2.45) is 0 Å². The van der Waals surface area contributed by atoms with Crippen molar-refractivity contribution in [1.82, 2.24) is 15.0 Å². The summed E-state index contributed by atoms with van der Waals surface area (Å²) in [6, 6.07) is 46.6. The van der Waals surface area contributed by atoms with E-state index in [0.717, 1.165) is 58.2 Å². The van der Waals surface area contributed by atoms with Crippen molar-refractivity contribution in [2.75, 3.05) is 0 Å². The van der Waals surface area contributed by atoms with Gasteiger partial charge in [0, 0.05) is 22.1 Å². The summed E-state index contributed by atoms with van der Waals surface area (Å²) in [5, 5.41) is 0. The van der Waals surface area contributed by atoms with Gasteiger partial charge in [0.2, 0.25) is 0 Å².